The van der Waals surface area contributed by atoms with Crippen molar-refractivity contribution in [2.45, 2.75) is 68.7 Å². The van der Waals surface area contributed by atoms with Crippen molar-refractivity contribution in [3.8, 4) is 0 Å². The molecular weight excluding hydrogens is 400 g/mol. The summed E-state index contributed by atoms with van der Waals surface area (Å²) in [4.78, 5) is 22.4. The zero-order chi connectivity index (χ0) is 21.9. The molecule has 0 aliphatic carbocycles. The van der Waals surface area contributed by atoms with Crippen LogP contribution in [-0.4, -0.2) is 117 Å². The van der Waals surface area contributed by atoms with E-state index in [1.165, 1.54) is 0 Å². The van der Waals surface area contributed by atoms with Gasteiger partial charge in [0, 0.05) is 13.8 Å². The topological polar surface area (TPSA) is 202 Å². The van der Waals surface area contributed by atoms with Gasteiger partial charge >= 0.3 is 11.9 Å². The van der Waals surface area contributed by atoms with E-state index in [-0.39, 0.29) is 0 Å². The SMILES string of the molecule is CC(=O)O[C@@H]1[C@@H](CO)O[C@@](CO)(O[C@H]2O[C@H](CO)[C@@H](OC(C)=O)[C@H](O)[C@H]2O)[C@H]1O. The normalized spacial score (nSPS) is 42.5. The highest BCUT2D eigenvalue weighted by molar-refractivity contribution is 5.66. The van der Waals surface area contributed by atoms with Crippen molar-refractivity contribution in [2.75, 3.05) is 19.8 Å². The van der Waals surface area contributed by atoms with Gasteiger partial charge in [0.2, 0.25) is 5.79 Å². The molecule has 0 spiro atoms. The predicted octanol–water partition coefficient (Wildman–Crippen LogP) is -4.25. The van der Waals surface area contributed by atoms with Crippen molar-refractivity contribution in [1.82, 2.24) is 0 Å². The fraction of sp³-hybridized carbons (Fsp3) is 0.875. The summed E-state index contributed by atoms with van der Waals surface area (Å²) in [6, 6.07) is 0. The minimum atomic E-state index is -2.30. The summed E-state index contributed by atoms with van der Waals surface area (Å²) >= 11 is 0. The molecular formula is C16H26O13. The predicted molar refractivity (Wildman–Crippen MR) is 87.7 cm³/mol. The first-order valence-corrected chi connectivity index (χ1v) is 8.82. The molecule has 13 nitrogen and oxygen atoms in total. The third-order valence-electron chi connectivity index (χ3n) is 4.62. The van der Waals surface area contributed by atoms with Crippen molar-refractivity contribution < 1.29 is 63.9 Å². The Kier molecular flexibility index (Phi) is 7.89. The lowest BCUT2D eigenvalue weighted by atomic mass is 9.98. The average Bonchev–Trinajstić information content (AvgIpc) is 2.92. The van der Waals surface area contributed by atoms with Gasteiger partial charge in [0.15, 0.2) is 18.5 Å². The maximum Gasteiger partial charge on any atom is 0.303 e. The van der Waals surface area contributed by atoms with E-state index >= 15 is 0 Å². The number of carbonyl (C=O) groups excluding carboxylic acids is 2. The van der Waals surface area contributed by atoms with E-state index in [0.29, 0.717) is 0 Å². The molecule has 6 N–H and O–H groups in total. The zero-order valence-electron chi connectivity index (χ0n) is 15.8. The molecule has 2 heterocycles. The molecule has 0 saturated carbocycles. The number of hydrogen-bond donors (Lipinski definition) is 6. The molecule has 29 heavy (non-hydrogen) atoms. The maximum absolute atomic E-state index is 11.3. The second kappa shape index (κ2) is 9.59. The summed E-state index contributed by atoms with van der Waals surface area (Å²) in [5.74, 6) is -3.88. The number of esters is 2. The number of hydrogen-bond acceptors (Lipinski definition) is 13. The van der Waals surface area contributed by atoms with Gasteiger partial charge < -0.3 is 54.3 Å². The van der Waals surface area contributed by atoms with Crippen molar-refractivity contribution in [2.24, 2.45) is 0 Å². The Morgan fingerprint density at radius 2 is 1.45 bits per heavy atom. The van der Waals surface area contributed by atoms with Crippen LogP contribution in [-0.2, 0) is 33.3 Å². The molecule has 0 radical (unpaired) electrons. The van der Waals surface area contributed by atoms with Crippen LogP contribution in [0.25, 0.3) is 0 Å². The first-order chi connectivity index (χ1) is 13.6. The fourth-order valence-corrected chi connectivity index (χ4v) is 3.27. The Hall–Kier alpha value is -1.42. The average molecular weight is 426 g/mol. The van der Waals surface area contributed by atoms with Crippen LogP contribution in [0.3, 0.4) is 0 Å². The number of aliphatic hydroxyl groups is 6. The highest BCUT2D eigenvalue weighted by Crippen LogP contribution is 2.37. The Labute approximate surface area is 165 Å². The second-order valence-electron chi connectivity index (χ2n) is 6.73. The summed E-state index contributed by atoms with van der Waals surface area (Å²) in [5.41, 5.74) is 0. The standard InChI is InChI=1S/C16H26O13/c1-6(20)25-12-8(3-17)27-15(11(23)10(12)22)29-16(5-19)14(24)13(26-7(2)21)9(4-18)28-16/h8-15,17-19,22-24H,3-5H2,1-2H3/t8-,9-,10-,11-,12-,13-,14+,15-,16+/m1/s1. The summed E-state index contributed by atoms with van der Waals surface area (Å²) in [6.45, 7) is -0.324. The monoisotopic (exact) mass is 426 g/mol. The molecule has 2 rings (SSSR count). The molecule has 13 heteroatoms. The molecule has 9 atom stereocenters. The van der Waals surface area contributed by atoms with Crippen LogP contribution >= 0.6 is 0 Å². The van der Waals surface area contributed by atoms with Crippen LogP contribution in [0, 0.1) is 0 Å². The van der Waals surface area contributed by atoms with Crippen molar-refractivity contribution in [1.29, 1.82) is 0 Å². The maximum atomic E-state index is 11.3. The van der Waals surface area contributed by atoms with Crippen LogP contribution in [0.2, 0.25) is 0 Å². The van der Waals surface area contributed by atoms with Gasteiger partial charge in [-0.2, -0.15) is 0 Å². The summed E-state index contributed by atoms with van der Waals surface area (Å²) in [6.07, 6.45) is -12.6. The van der Waals surface area contributed by atoms with Gasteiger partial charge in [0.1, 0.15) is 37.1 Å². The Balaban J connectivity index is 2.23. The molecule has 2 saturated heterocycles. The van der Waals surface area contributed by atoms with E-state index < -0.39 is 86.6 Å². The Morgan fingerprint density at radius 3 is 1.93 bits per heavy atom. The molecule has 168 valence electrons. The van der Waals surface area contributed by atoms with Crippen LogP contribution in [0.5, 0.6) is 0 Å². The molecule has 0 amide bonds. The van der Waals surface area contributed by atoms with Crippen LogP contribution in [0.1, 0.15) is 13.8 Å². The van der Waals surface area contributed by atoms with Gasteiger partial charge in [-0.05, 0) is 0 Å². The van der Waals surface area contributed by atoms with E-state index in [2.05, 4.69) is 0 Å². The molecule has 2 aliphatic rings. The number of ether oxygens (including phenoxy) is 5. The molecule has 0 aromatic heterocycles. The molecule has 0 aromatic carbocycles. The van der Waals surface area contributed by atoms with Gasteiger partial charge in [-0.1, -0.05) is 0 Å². The van der Waals surface area contributed by atoms with E-state index in [0.717, 1.165) is 13.8 Å². The van der Waals surface area contributed by atoms with E-state index in [1.54, 1.807) is 0 Å². The van der Waals surface area contributed by atoms with Crippen molar-refractivity contribution in [3.05, 3.63) is 0 Å². The van der Waals surface area contributed by atoms with Gasteiger partial charge in [0.05, 0.1) is 13.2 Å². The van der Waals surface area contributed by atoms with Gasteiger partial charge in [-0.3, -0.25) is 9.59 Å². The molecule has 0 aromatic rings. The minimum absolute atomic E-state index is 0.704. The Bertz CT molecular complexity index is 583. The second-order valence-corrected chi connectivity index (χ2v) is 6.73. The Morgan fingerprint density at radius 1 is 0.897 bits per heavy atom. The van der Waals surface area contributed by atoms with Gasteiger partial charge in [-0.15, -0.1) is 0 Å². The van der Waals surface area contributed by atoms with Gasteiger partial charge in [-0.25, -0.2) is 0 Å². The number of rotatable bonds is 7. The number of carbonyl (C=O) groups is 2. The van der Waals surface area contributed by atoms with Crippen LogP contribution < -0.4 is 0 Å². The molecule has 2 fully saturated rings. The lowest BCUT2D eigenvalue weighted by Crippen LogP contribution is -2.63. The van der Waals surface area contributed by atoms with Crippen molar-refractivity contribution in [3.63, 3.8) is 0 Å². The van der Waals surface area contributed by atoms with Crippen LogP contribution in [0.4, 0.5) is 0 Å². The molecule has 0 bridgehead atoms. The summed E-state index contributed by atoms with van der Waals surface area (Å²) < 4.78 is 25.8. The largest absolute Gasteiger partial charge is 0.457 e. The quantitative estimate of drug-likeness (QED) is 0.214. The molecule has 2 aliphatic heterocycles. The zero-order valence-corrected chi connectivity index (χ0v) is 15.8. The number of aliphatic hydroxyl groups excluding tert-OH is 6. The van der Waals surface area contributed by atoms with Crippen LogP contribution in [0.15, 0.2) is 0 Å². The first kappa shape index (κ1) is 23.9. The van der Waals surface area contributed by atoms with E-state index in [1.807, 2.05) is 0 Å². The molecule has 0 unspecified atom stereocenters. The third-order valence-corrected chi connectivity index (χ3v) is 4.62. The van der Waals surface area contributed by atoms with E-state index in [9.17, 15) is 40.2 Å². The lowest BCUT2D eigenvalue weighted by Gasteiger charge is -2.44. The minimum Gasteiger partial charge on any atom is -0.457 e. The first-order valence-electron chi connectivity index (χ1n) is 8.82. The summed E-state index contributed by atoms with van der Waals surface area (Å²) in [7, 11) is 0. The lowest BCUT2D eigenvalue weighted by molar-refractivity contribution is -0.383. The highest BCUT2D eigenvalue weighted by atomic mass is 16.8. The smallest absolute Gasteiger partial charge is 0.303 e. The third kappa shape index (κ3) is 4.84. The fourth-order valence-electron chi connectivity index (χ4n) is 3.27. The van der Waals surface area contributed by atoms with Gasteiger partial charge in [0.25, 0.3) is 0 Å². The highest BCUT2D eigenvalue weighted by Gasteiger charge is 2.60. The van der Waals surface area contributed by atoms with Crippen molar-refractivity contribution >= 4 is 11.9 Å². The summed E-state index contributed by atoms with van der Waals surface area (Å²) in [5, 5.41) is 59.7. The van der Waals surface area contributed by atoms with E-state index in [4.69, 9.17) is 23.7 Å².